The van der Waals surface area contributed by atoms with Gasteiger partial charge in [0.05, 0.1) is 18.4 Å². The van der Waals surface area contributed by atoms with Gasteiger partial charge in [-0.1, -0.05) is 12.1 Å². The number of carboxylic acids is 1. The first-order chi connectivity index (χ1) is 12.1. The molecule has 0 fully saturated rings. The van der Waals surface area contributed by atoms with Gasteiger partial charge in [0.15, 0.2) is 0 Å². The van der Waals surface area contributed by atoms with E-state index in [1.54, 1.807) is 19.2 Å². The maximum absolute atomic E-state index is 12.4. The minimum absolute atomic E-state index is 0.117. The Balaban J connectivity index is 1.96. The highest BCUT2D eigenvalue weighted by Crippen LogP contribution is 2.22. The van der Waals surface area contributed by atoms with Crippen molar-refractivity contribution in [1.82, 2.24) is 5.32 Å². The van der Waals surface area contributed by atoms with Crippen LogP contribution >= 0.6 is 0 Å². The zero-order chi connectivity index (χ0) is 18.1. The molecule has 2 rings (SSSR count). The number of carboxylic acid groups (broad SMARTS) is 1. The molecule has 2 aromatic carbocycles. The van der Waals surface area contributed by atoms with Crippen LogP contribution in [0.25, 0.3) is 0 Å². The van der Waals surface area contributed by atoms with Crippen LogP contribution in [0.3, 0.4) is 0 Å². The third-order valence-electron chi connectivity index (χ3n) is 3.64. The zero-order valence-electron chi connectivity index (χ0n) is 14.1. The van der Waals surface area contributed by atoms with Crippen LogP contribution in [0, 0.1) is 0 Å². The van der Waals surface area contributed by atoms with Crippen molar-refractivity contribution in [3.8, 4) is 5.75 Å². The van der Waals surface area contributed by atoms with E-state index >= 15 is 0 Å². The summed E-state index contributed by atoms with van der Waals surface area (Å²) < 4.78 is 5.13. The maximum Gasteiger partial charge on any atom is 0.303 e. The first-order valence-corrected chi connectivity index (χ1v) is 8.10. The second-order valence-corrected chi connectivity index (χ2v) is 5.51. The maximum atomic E-state index is 12.4. The van der Waals surface area contributed by atoms with Crippen molar-refractivity contribution in [2.45, 2.75) is 19.3 Å². The van der Waals surface area contributed by atoms with Gasteiger partial charge < -0.3 is 20.5 Å². The van der Waals surface area contributed by atoms with Gasteiger partial charge in [-0.3, -0.25) is 9.59 Å². The summed E-state index contributed by atoms with van der Waals surface area (Å²) in [6.07, 6.45) is 1.29. The predicted molar refractivity (Wildman–Crippen MR) is 96.5 cm³/mol. The lowest BCUT2D eigenvalue weighted by atomic mass is 10.1. The van der Waals surface area contributed by atoms with Gasteiger partial charge in [-0.2, -0.15) is 0 Å². The molecule has 0 unspecified atom stereocenters. The van der Waals surface area contributed by atoms with Gasteiger partial charge in [0.1, 0.15) is 5.75 Å². The fraction of sp³-hybridized carbons (Fsp3) is 0.263. The second-order valence-electron chi connectivity index (χ2n) is 5.51. The third-order valence-corrected chi connectivity index (χ3v) is 3.64. The van der Waals surface area contributed by atoms with E-state index in [9.17, 15) is 9.59 Å². The van der Waals surface area contributed by atoms with E-state index in [2.05, 4.69) is 10.6 Å². The number of unbranched alkanes of at least 4 members (excludes halogenated alkanes) is 1. The largest absolute Gasteiger partial charge is 0.497 e. The molecule has 6 heteroatoms. The van der Waals surface area contributed by atoms with Crippen LogP contribution in [0.5, 0.6) is 5.75 Å². The number of nitrogens with one attached hydrogen (secondary N) is 2. The number of hydrogen-bond acceptors (Lipinski definition) is 4. The zero-order valence-corrected chi connectivity index (χ0v) is 14.1. The highest BCUT2D eigenvalue weighted by atomic mass is 16.5. The van der Waals surface area contributed by atoms with Gasteiger partial charge in [0.2, 0.25) is 0 Å². The molecule has 3 N–H and O–H groups in total. The summed E-state index contributed by atoms with van der Waals surface area (Å²) in [6.45, 7) is 0.447. The summed E-state index contributed by atoms with van der Waals surface area (Å²) in [4.78, 5) is 22.8. The number of benzene rings is 2. The van der Waals surface area contributed by atoms with Crippen LogP contribution < -0.4 is 15.4 Å². The molecule has 2 aromatic rings. The molecule has 1 amide bonds. The van der Waals surface area contributed by atoms with E-state index < -0.39 is 5.97 Å². The van der Waals surface area contributed by atoms with Crippen LogP contribution in [0.1, 0.15) is 29.6 Å². The van der Waals surface area contributed by atoms with Crippen molar-refractivity contribution in [3.05, 3.63) is 54.1 Å². The monoisotopic (exact) mass is 342 g/mol. The van der Waals surface area contributed by atoms with Gasteiger partial charge in [-0.05, 0) is 49.2 Å². The number of aliphatic carboxylic acids is 1. The molecule has 0 radical (unpaired) electrons. The highest BCUT2D eigenvalue weighted by Gasteiger charge is 2.10. The molecule has 0 bridgehead atoms. The van der Waals surface area contributed by atoms with Crippen molar-refractivity contribution < 1.29 is 19.4 Å². The summed E-state index contributed by atoms with van der Waals surface area (Å²) in [5.74, 6) is -0.245. The van der Waals surface area contributed by atoms with Crippen molar-refractivity contribution in [2.24, 2.45) is 0 Å². The Labute approximate surface area is 146 Å². The number of ether oxygens (including phenoxy) is 1. The normalized spacial score (nSPS) is 10.1. The quantitative estimate of drug-likeness (QED) is 0.608. The van der Waals surface area contributed by atoms with E-state index in [0.717, 1.165) is 11.4 Å². The van der Waals surface area contributed by atoms with Crippen LogP contribution in [0.2, 0.25) is 0 Å². The molecule has 0 spiro atoms. The average molecular weight is 342 g/mol. The Morgan fingerprint density at radius 1 is 1.04 bits per heavy atom. The number of anilines is 2. The van der Waals surface area contributed by atoms with Gasteiger partial charge in [0, 0.05) is 18.7 Å². The number of carbonyl (C=O) groups excluding carboxylic acids is 1. The molecular formula is C19H22N2O4. The molecule has 6 nitrogen and oxygen atoms in total. The predicted octanol–water partition coefficient (Wildman–Crippen LogP) is 3.42. The summed E-state index contributed by atoms with van der Waals surface area (Å²) >= 11 is 0. The first-order valence-electron chi connectivity index (χ1n) is 8.10. The minimum atomic E-state index is -0.819. The Bertz CT molecular complexity index is 714. The molecule has 0 aromatic heterocycles. The second kappa shape index (κ2) is 9.32. The van der Waals surface area contributed by atoms with Crippen LogP contribution in [0.15, 0.2) is 48.5 Å². The topological polar surface area (TPSA) is 87.7 Å². The Hall–Kier alpha value is -3.02. The number of methoxy groups -OCH3 is 1. The lowest BCUT2D eigenvalue weighted by molar-refractivity contribution is -0.137. The molecule has 0 atom stereocenters. The summed E-state index contributed by atoms with van der Waals surface area (Å²) in [7, 11) is 1.61. The molecule has 0 aliphatic rings. The van der Waals surface area contributed by atoms with E-state index in [4.69, 9.17) is 9.84 Å². The first kappa shape index (κ1) is 18.3. The molecule has 0 aliphatic carbocycles. The lowest BCUT2D eigenvalue weighted by Gasteiger charge is -2.12. The molecule has 25 heavy (non-hydrogen) atoms. The molecule has 0 aliphatic heterocycles. The fourth-order valence-electron chi connectivity index (χ4n) is 2.32. The Kier molecular flexibility index (Phi) is 6.83. The SMILES string of the molecule is COc1ccc(Nc2ccccc2C(=O)NCCCCC(=O)O)cc1. The average Bonchev–Trinajstić information content (AvgIpc) is 2.62. The molecule has 0 heterocycles. The molecular weight excluding hydrogens is 320 g/mol. The summed E-state index contributed by atoms with van der Waals surface area (Å²) in [5, 5.41) is 14.7. The fourth-order valence-corrected chi connectivity index (χ4v) is 2.32. The van der Waals surface area contributed by atoms with Crippen LogP contribution in [0.4, 0.5) is 11.4 Å². The molecule has 0 saturated carbocycles. The van der Waals surface area contributed by atoms with Gasteiger partial charge in [-0.15, -0.1) is 0 Å². The lowest BCUT2D eigenvalue weighted by Crippen LogP contribution is -2.25. The summed E-state index contributed by atoms with van der Waals surface area (Å²) in [6, 6.07) is 14.7. The number of hydrogen-bond donors (Lipinski definition) is 3. The van der Waals surface area contributed by atoms with Crippen molar-refractivity contribution in [3.63, 3.8) is 0 Å². The third kappa shape index (κ3) is 5.84. The summed E-state index contributed by atoms with van der Waals surface area (Å²) in [5.41, 5.74) is 2.09. The van der Waals surface area contributed by atoms with E-state index in [0.29, 0.717) is 30.6 Å². The van der Waals surface area contributed by atoms with Crippen molar-refractivity contribution in [2.75, 3.05) is 19.0 Å². The highest BCUT2D eigenvalue weighted by molar-refractivity contribution is 6.00. The van der Waals surface area contributed by atoms with Crippen molar-refractivity contribution in [1.29, 1.82) is 0 Å². The number of para-hydroxylation sites is 1. The van der Waals surface area contributed by atoms with Crippen molar-refractivity contribution >= 4 is 23.3 Å². The number of amides is 1. The van der Waals surface area contributed by atoms with E-state index in [1.807, 2.05) is 36.4 Å². The smallest absolute Gasteiger partial charge is 0.303 e. The van der Waals surface area contributed by atoms with E-state index in [-0.39, 0.29) is 12.3 Å². The Morgan fingerprint density at radius 2 is 1.76 bits per heavy atom. The van der Waals surface area contributed by atoms with Crippen LogP contribution in [-0.4, -0.2) is 30.6 Å². The number of rotatable bonds is 9. The van der Waals surface area contributed by atoms with Gasteiger partial charge >= 0.3 is 5.97 Å². The standard InChI is InChI=1S/C19H22N2O4/c1-25-15-11-9-14(10-12-15)21-17-7-3-2-6-16(17)19(24)20-13-5-4-8-18(22)23/h2-3,6-7,9-12,21H,4-5,8,13H2,1H3,(H,20,24)(H,22,23). The van der Waals surface area contributed by atoms with Gasteiger partial charge in [-0.25, -0.2) is 0 Å². The molecule has 0 saturated heterocycles. The minimum Gasteiger partial charge on any atom is -0.497 e. The number of carbonyl (C=O) groups is 2. The molecule has 132 valence electrons. The Morgan fingerprint density at radius 3 is 2.44 bits per heavy atom. The van der Waals surface area contributed by atoms with Gasteiger partial charge in [0.25, 0.3) is 5.91 Å². The van der Waals surface area contributed by atoms with Crippen LogP contribution in [-0.2, 0) is 4.79 Å². The van der Waals surface area contributed by atoms with E-state index in [1.165, 1.54) is 0 Å².